The third-order valence-corrected chi connectivity index (χ3v) is 4.15. The van der Waals surface area contributed by atoms with Gasteiger partial charge in [0.25, 0.3) is 0 Å². The van der Waals surface area contributed by atoms with E-state index in [1.165, 1.54) is 6.20 Å². The molecule has 2 aromatic rings. The van der Waals surface area contributed by atoms with Crippen LogP contribution in [0.25, 0.3) is 0 Å². The molecule has 0 aliphatic rings. The summed E-state index contributed by atoms with van der Waals surface area (Å²) in [5.41, 5.74) is 0.108. The number of carbonyl (C=O) groups is 1. The maximum atomic E-state index is 12.4. The van der Waals surface area contributed by atoms with Gasteiger partial charge in [-0.25, -0.2) is 0 Å². The van der Waals surface area contributed by atoms with Gasteiger partial charge in [0.2, 0.25) is 5.91 Å². The van der Waals surface area contributed by atoms with Crippen LogP contribution in [-0.4, -0.2) is 25.5 Å². The highest BCUT2D eigenvalue weighted by molar-refractivity contribution is 9.10. The van der Waals surface area contributed by atoms with Gasteiger partial charge >= 0.3 is 0 Å². The minimum atomic E-state index is -0.823. The van der Waals surface area contributed by atoms with Crippen molar-refractivity contribution in [1.29, 1.82) is 0 Å². The maximum absolute atomic E-state index is 12.4. The fourth-order valence-electron chi connectivity index (χ4n) is 1.93. The largest absolute Gasteiger partial charge is 0.348 e. The van der Waals surface area contributed by atoms with Crippen molar-refractivity contribution in [2.24, 2.45) is 0 Å². The SMILES string of the molecule is CCn1ncc(Br)c1CNC(=O)C(C)(C)n1cc(Cl)cn1. The first kappa shape index (κ1) is 16.0. The molecule has 21 heavy (non-hydrogen) atoms. The third kappa shape index (κ3) is 3.29. The lowest BCUT2D eigenvalue weighted by atomic mass is 10.1. The van der Waals surface area contributed by atoms with Crippen molar-refractivity contribution in [3.8, 4) is 0 Å². The summed E-state index contributed by atoms with van der Waals surface area (Å²) in [5, 5.41) is 11.7. The molecule has 0 aliphatic carbocycles. The van der Waals surface area contributed by atoms with E-state index >= 15 is 0 Å². The Labute approximate surface area is 136 Å². The molecule has 0 unspecified atom stereocenters. The van der Waals surface area contributed by atoms with Crippen LogP contribution in [0.5, 0.6) is 0 Å². The van der Waals surface area contributed by atoms with E-state index < -0.39 is 5.54 Å². The van der Waals surface area contributed by atoms with Gasteiger partial charge in [0, 0.05) is 12.7 Å². The summed E-state index contributed by atoms with van der Waals surface area (Å²) in [6, 6.07) is 0. The van der Waals surface area contributed by atoms with Crippen LogP contribution >= 0.6 is 27.5 Å². The number of hydrogen-bond donors (Lipinski definition) is 1. The van der Waals surface area contributed by atoms with Crippen molar-refractivity contribution in [2.45, 2.75) is 39.4 Å². The molecule has 0 spiro atoms. The Kier molecular flexibility index (Phi) is 4.73. The number of halogens is 2. The third-order valence-electron chi connectivity index (χ3n) is 3.29. The molecular formula is C13H17BrClN5O. The minimum absolute atomic E-state index is 0.141. The molecule has 0 bridgehead atoms. The van der Waals surface area contributed by atoms with E-state index in [1.807, 2.05) is 11.6 Å². The van der Waals surface area contributed by atoms with Gasteiger partial charge in [-0.3, -0.25) is 14.2 Å². The Hall–Kier alpha value is -1.34. The molecule has 0 aliphatic heterocycles. The number of hydrogen-bond acceptors (Lipinski definition) is 3. The second-order valence-electron chi connectivity index (χ2n) is 5.10. The zero-order valence-corrected chi connectivity index (χ0v) is 14.4. The van der Waals surface area contributed by atoms with Gasteiger partial charge in [0.1, 0.15) is 5.54 Å². The van der Waals surface area contributed by atoms with E-state index in [4.69, 9.17) is 11.6 Å². The second-order valence-corrected chi connectivity index (χ2v) is 6.39. The normalized spacial score (nSPS) is 11.7. The number of carbonyl (C=O) groups excluding carboxylic acids is 1. The first-order valence-electron chi connectivity index (χ1n) is 6.55. The second kappa shape index (κ2) is 6.19. The molecule has 8 heteroatoms. The van der Waals surface area contributed by atoms with Crippen LogP contribution in [-0.2, 0) is 23.4 Å². The zero-order chi connectivity index (χ0) is 15.6. The maximum Gasteiger partial charge on any atom is 0.247 e. The number of nitrogens with zero attached hydrogens (tertiary/aromatic N) is 4. The smallest absolute Gasteiger partial charge is 0.247 e. The number of rotatable bonds is 5. The van der Waals surface area contributed by atoms with E-state index in [0.29, 0.717) is 11.6 Å². The van der Waals surface area contributed by atoms with Crippen LogP contribution in [0.1, 0.15) is 26.5 Å². The van der Waals surface area contributed by atoms with Gasteiger partial charge in [0.05, 0.1) is 34.1 Å². The average molecular weight is 375 g/mol. The van der Waals surface area contributed by atoms with Crippen molar-refractivity contribution in [3.63, 3.8) is 0 Å². The molecule has 0 fully saturated rings. The number of amides is 1. The van der Waals surface area contributed by atoms with Crippen LogP contribution in [0, 0.1) is 0 Å². The highest BCUT2D eigenvalue weighted by atomic mass is 79.9. The summed E-state index contributed by atoms with van der Waals surface area (Å²) >= 11 is 9.29. The average Bonchev–Trinajstić information content (AvgIpc) is 3.02. The van der Waals surface area contributed by atoms with Gasteiger partial charge in [-0.2, -0.15) is 10.2 Å². The Morgan fingerprint density at radius 1 is 1.43 bits per heavy atom. The summed E-state index contributed by atoms with van der Waals surface area (Å²) in [5.74, 6) is -0.141. The van der Waals surface area contributed by atoms with Gasteiger partial charge in [-0.15, -0.1) is 0 Å². The van der Waals surface area contributed by atoms with Crippen LogP contribution in [0.15, 0.2) is 23.1 Å². The fourth-order valence-corrected chi connectivity index (χ4v) is 2.50. The Morgan fingerprint density at radius 3 is 2.71 bits per heavy atom. The van der Waals surface area contributed by atoms with Crippen LogP contribution in [0.2, 0.25) is 5.02 Å². The molecular weight excluding hydrogens is 358 g/mol. The molecule has 1 N–H and O–H groups in total. The molecule has 114 valence electrons. The van der Waals surface area contributed by atoms with Crippen LogP contribution < -0.4 is 5.32 Å². The molecule has 6 nitrogen and oxygen atoms in total. The van der Waals surface area contributed by atoms with E-state index in [1.54, 1.807) is 30.9 Å². The lowest BCUT2D eigenvalue weighted by Crippen LogP contribution is -2.44. The quantitative estimate of drug-likeness (QED) is 0.875. The molecule has 0 saturated heterocycles. The molecule has 1 amide bonds. The van der Waals surface area contributed by atoms with Gasteiger partial charge in [-0.05, 0) is 36.7 Å². The van der Waals surface area contributed by atoms with E-state index in [9.17, 15) is 4.79 Å². The highest BCUT2D eigenvalue weighted by Crippen LogP contribution is 2.19. The van der Waals surface area contributed by atoms with Crippen molar-refractivity contribution in [3.05, 3.63) is 33.8 Å². The molecule has 2 aromatic heterocycles. The van der Waals surface area contributed by atoms with E-state index in [0.717, 1.165) is 16.7 Å². The summed E-state index contributed by atoms with van der Waals surface area (Å²) < 4.78 is 4.27. The van der Waals surface area contributed by atoms with Crippen molar-refractivity contribution >= 4 is 33.4 Å². The Balaban J connectivity index is 2.09. The van der Waals surface area contributed by atoms with Crippen LogP contribution in [0.3, 0.4) is 0 Å². The van der Waals surface area contributed by atoms with Crippen molar-refractivity contribution in [1.82, 2.24) is 24.9 Å². The van der Waals surface area contributed by atoms with E-state index in [-0.39, 0.29) is 5.91 Å². The first-order valence-corrected chi connectivity index (χ1v) is 7.72. The predicted molar refractivity (Wildman–Crippen MR) is 84.0 cm³/mol. The monoisotopic (exact) mass is 373 g/mol. The van der Waals surface area contributed by atoms with Gasteiger partial charge in [-0.1, -0.05) is 11.6 Å². The molecule has 2 rings (SSSR count). The van der Waals surface area contributed by atoms with Gasteiger partial charge < -0.3 is 5.32 Å². The predicted octanol–water partition coefficient (Wildman–Crippen LogP) is 2.57. The summed E-state index contributed by atoms with van der Waals surface area (Å²) in [6.07, 6.45) is 4.87. The fraction of sp³-hybridized carbons (Fsp3) is 0.462. The lowest BCUT2D eigenvalue weighted by Gasteiger charge is -2.24. The Bertz CT molecular complexity index is 649. The minimum Gasteiger partial charge on any atom is -0.348 e. The molecule has 0 radical (unpaired) electrons. The molecule has 0 aromatic carbocycles. The molecule has 0 atom stereocenters. The number of aryl methyl sites for hydroxylation is 1. The highest BCUT2D eigenvalue weighted by Gasteiger charge is 2.30. The molecule has 2 heterocycles. The first-order chi connectivity index (χ1) is 9.86. The number of aromatic nitrogens is 4. The summed E-state index contributed by atoms with van der Waals surface area (Å²) in [6.45, 7) is 6.72. The van der Waals surface area contributed by atoms with Crippen molar-refractivity contribution in [2.75, 3.05) is 0 Å². The van der Waals surface area contributed by atoms with E-state index in [2.05, 4.69) is 31.4 Å². The van der Waals surface area contributed by atoms with Gasteiger partial charge in [0.15, 0.2) is 0 Å². The summed E-state index contributed by atoms with van der Waals surface area (Å²) in [4.78, 5) is 12.4. The zero-order valence-electron chi connectivity index (χ0n) is 12.1. The van der Waals surface area contributed by atoms with Crippen molar-refractivity contribution < 1.29 is 4.79 Å². The number of nitrogens with one attached hydrogen (secondary N) is 1. The standard InChI is InChI=1S/C13H17BrClN5O/c1-4-19-11(10(14)6-17-19)7-16-12(21)13(2,3)20-8-9(15)5-18-20/h5-6,8H,4,7H2,1-3H3,(H,16,21). The van der Waals surface area contributed by atoms with Crippen LogP contribution in [0.4, 0.5) is 0 Å². The Morgan fingerprint density at radius 2 is 2.14 bits per heavy atom. The lowest BCUT2D eigenvalue weighted by molar-refractivity contribution is -0.129. The topological polar surface area (TPSA) is 64.7 Å². The summed E-state index contributed by atoms with van der Waals surface area (Å²) in [7, 11) is 0. The molecule has 0 saturated carbocycles.